The van der Waals surface area contributed by atoms with E-state index in [9.17, 15) is 0 Å². The molecule has 0 aromatic rings. The van der Waals surface area contributed by atoms with Crippen LogP contribution in [0.1, 0.15) is 65.7 Å². The van der Waals surface area contributed by atoms with Crippen LogP contribution in [0.4, 0.5) is 0 Å². The van der Waals surface area contributed by atoms with E-state index in [1.165, 1.54) is 44.9 Å². The molecule has 0 bridgehead atoms. The monoisotopic (exact) mass is 194 g/mol. The van der Waals surface area contributed by atoms with Gasteiger partial charge >= 0.3 is 0 Å². The molecule has 82 valence electrons. The zero-order chi connectivity index (χ0) is 10.6. The topological polar surface area (TPSA) is 0 Å². The normalized spacial score (nSPS) is 36.1. The Balaban J connectivity index is 2.66. The van der Waals surface area contributed by atoms with Crippen molar-refractivity contribution < 1.29 is 0 Å². The first-order chi connectivity index (χ1) is 6.57. The lowest BCUT2D eigenvalue weighted by Gasteiger charge is -2.40. The molecule has 0 aromatic carbocycles. The number of hydrogen-bond acceptors (Lipinski definition) is 0. The SMILES string of the molecule is BC1(C(C)C)CCCCCCCC1C. The Hall–Kier alpha value is 0.0649. The smallest absolute Gasteiger partial charge is 0.0629 e. The minimum absolute atomic E-state index is 0.602. The number of rotatable bonds is 1. The van der Waals surface area contributed by atoms with Gasteiger partial charge in [0.05, 0.1) is 0 Å². The Bertz CT molecular complexity index is 165. The molecule has 1 aliphatic carbocycles. The lowest BCUT2D eigenvalue weighted by atomic mass is 9.52. The molecule has 0 aromatic heterocycles. The van der Waals surface area contributed by atoms with Gasteiger partial charge in [0.1, 0.15) is 7.85 Å². The van der Waals surface area contributed by atoms with Crippen LogP contribution < -0.4 is 0 Å². The third-order valence-corrected chi connectivity index (χ3v) is 4.80. The second-order valence-corrected chi connectivity index (χ2v) is 5.87. The van der Waals surface area contributed by atoms with Gasteiger partial charge in [-0.1, -0.05) is 71.0 Å². The molecule has 1 rings (SSSR count). The van der Waals surface area contributed by atoms with E-state index in [1.54, 1.807) is 0 Å². The molecule has 1 saturated carbocycles. The van der Waals surface area contributed by atoms with Crippen molar-refractivity contribution in [3.63, 3.8) is 0 Å². The van der Waals surface area contributed by atoms with E-state index in [4.69, 9.17) is 0 Å². The summed E-state index contributed by atoms with van der Waals surface area (Å²) in [6.45, 7) is 7.30. The van der Waals surface area contributed by atoms with E-state index >= 15 is 0 Å². The van der Waals surface area contributed by atoms with Crippen LogP contribution in [-0.4, -0.2) is 7.85 Å². The van der Waals surface area contributed by atoms with Crippen LogP contribution >= 0.6 is 0 Å². The summed E-state index contributed by atoms with van der Waals surface area (Å²) in [5.41, 5.74) is 0. The van der Waals surface area contributed by atoms with Crippen molar-refractivity contribution in [2.45, 2.75) is 71.0 Å². The van der Waals surface area contributed by atoms with Gasteiger partial charge in [-0.3, -0.25) is 0 Å². The maximum atomic E-state index is 2.52. The first-order valence-electron chi connectivity index (χ1n) is 6.57. The van der Waals surface area contributed by atoms with Crippen LogP contribution in [-0.2, 0) is 0 Å². The summed E-state index contributed by atoms with van der Waals surface area (Å²) in [5.74, 6) is 1.76. The third kappa shape index (κ3) is 2.78. The summed E-state index contributed by atoms with van der Waals surface area (Å²) in [5, 5.41) is 0.602. The van der Waals surface area contributed by atoms with Gasteiger partial charge in [-0.2, -0.15) is 0 Å². The van der Waals surface area contributed by atoms with Gasteiger partial charge in [0.2, 0.25) is 0 Å². The van der Waals surface area contributed by atoms with Gasteiger partial charge in [-0.05, 0) is 11.8 Å². The second-order valence-electron chi connectivity index (χ2n) is 5.87. The van der Waals surface area contributed by atoms with E-state index < -0.39 is 0 Å². The minimum atomic E-state index is 0.602. The van der Waals surface area contributed by atoms with E-state index in [1.807, 2.05) is 0 Å². The molecule has 14 heavy (non-hydrogen) atoms. The van der Waals surface area contributed by atoms with Crippen LogP contribution in [0.5, 0.6) is 0 Å². The quantitative estimate of drug-likeness (QED) is 0.557. The van der Waals surface area contributed by atoms with Crippen molar-refractivity contribution in [1.29, 1.82) is 0 Å². The van der Waals surface area contributed by atoms with E-state index in [-0.39, 0.29) is 0 Å². The maximum absolute atomic E-state index is 2.52. The Morgan fingerprint density at radius 3 is 2.29 bits per heavy atom. The molecule has 1 fully saturated rings. The fourth-order valence-electron chi connectivity index (χ4n) is 2.92. The average molecular weight is 194 g/mol. The summed E-state index contributed by atoms with van der Waals surface area (Å²) >= 11 is 0. The van der Waals surface area contributed by atoms with Crippen LogP contribution in [0, 0.1) is 11.8 Å². The molecule has 0 N–H and O–H groups in total. The summed E-state index contributed by atoms with van der Waals surface area (Å²) < 4.78 is 0. The van der Waals surface area contributed by atoms with E-state index in [2.05, 4.69) is 28.6 Å². The molecular formula is C13H27B. The van der Waals surface area contributed by atoms with Crippen molar-refractivity contribution >= 4 is 7.85 Å². The zero-order valence-corrected chi connectivity index (χ0v) is 10.6. The fourth-order valence-corrected chi connectivity index (χ4v) is 2.92. The van der Waals surface area contributed by atoms with Crippen molar-refractivity contribution in [3.8, 4) is 0 Å². The van der Waals surface area contributed by atoms with Crippen LogP contribution in [0.2, 0.25) is 5.31 Å². The van der Waals surface area contributed by atoms with Gasteiger partial charge in [0.15, 0.2) is 0 Å². The molecular weight excluding hydrogens is 167 g/mol. The fraction of sp³-hybridized carbons (Fsp3) is 1.00. The predicted molar refractivity (Wildman–Crippen MR) is 67.6 cm³/mol. The molecule has 1 heteroatoms. The summed E-state index contributed by atoms with van der Waals surface area (Å²) in [7, 11) is 2.52. The minimum Gasteiger partial charge on any atom is -0.0629 e. The Morgan fingerprint density at radius 1 is 1.07 bits per heavy atom. The van der Waals surface area contributed by atoms with Gasteiger partial charge in [-0.15, -0.1) is 0 Å². The first kappa shape index (κ1) is 12.1. The van der Waals surface area contributed by atoms with Crippen LogP contribution in [0.15, 0.2) is 0 Å². The number of hydrogen-bond donors (Lipinski definition) is 0. The van der Waals surface area contributed by atoms with Crippen molar-refractivity contribution in [2.24, 2.45) is 11.8 Å². The van der Waals surface area contributed by atoms with Gasteiger partial charge in [0, 0.05) is 0 Å². The highest BCUT2D eigenvalue weighted by atomic mass is 14.3. The second kappa shape index (κ2) is 5.23. The highest BCUT2D eigenvalue weighted by Crippen LogP contribution is 2.47. The highest BCUT2D eigenvalue weighted by Gasteiger charge is 2.33. The highest BCUT2D eigenvalue weighted by molar-refractivity contribution is 6.15. The molecule has 2 unspecified atom stereocenters. The first-order valence-corrected chi connectivity index (χ1v) is 6.57. The summed E-state index contributed by atoms with van der Waals surface area (Å²) in [6.07, 6.45) is 10.2. The molecule has 1 aliphatic rings. The Kier molecular flexibility index (Phi) is 4.54. The molecule has 2 atom stereocenters. The van der Waals surface area contributed by atoms with Crippen molar-refractivity contribution in [2.75, 3.05) is 0 Å². The average Bonchev–Trinajstić information content (AvgIpc) is 2.21. The Labute approximate surface area is 91.3 Å². The van der Waals surface area contributed by atoms with Crippen LogP contribution in [0.25, 0.3) is 0 Å². The largest absolute Gasteiger partial charge is 0.110 e. The molecule has 0 radical (unpaired) electrons. The van der Waals surface area contributed by atoms with Crippen LogP contribution in [0.3, 0.4) is 0 Å². The molecule has 0 amide bonds. The molecule has 0 saturated heterocycles. The Morgan fingerprint density at radius 2 is 1.64 bits per heavy atom. The molecule has 0 heterocycles. The molecule has 0 aliphatic heterocycles. The third-order valence-electron chi connectivity index (χ3n) is 4.80. The lowest BCUT2D eigenvalue weighted by molar-refractivity contribution is 0.260. The van der Waals surface area contributed by atoms with Crippen molar-refractivity contribution in [1.82, 2.24) is 0 Å². The van der Waals surface area contributed by atoms with E-state index in [0.717, 1.165) is 11.8 Å². The van der Waals surface area contributed by atoms with Gasteiger partial charge in [0.25, 0.3) is 0 Å². The summed E-state index contributed by atoms with van der Waals surface area (Å²) in [6, 6.07) is 0. The maximum Gasteiger partial charge on any atom is 0.110 e. The van der Waals surface area contributed by atoms with Gasteiger partial charge < -0.3 is 0 Å². The lowest BCUT2D eigenvalue weighted by Crippen LogP contribution is -2.27. The van der Waals surface area contributed by atoms with Gasteiger partial charge in [-0.25, -0.2) is 0 Å². The van der Waals surface area contributed by atoms with Crippen molar-refractivity contribution in [3.05, 3.63) is 0 Å². The zero-order valence-electron chi connectivity index (χ0n) is 10.6. The molecule has 0 spiro atoms. The predicted octanol–water partition coefficient (Wildman–Crippen LogP) is 3.81. The molecule has 0 nitrogen and oxygen atoms in total. The van der Waals surface area contributed by atoms with E-state index in [0.29, 0.717) is 5.31 Å². The summed E-state index contributed by atoms with van der Waals surface area (Å²) in [4.78, 5) is 0. The standard InChI is InChI=1S/C13H27B/c1-11(2)13(14)10-8-6-4-5-7-9-12(13)3/h11-12H,4-10,14H2,1-3H3.